The highest BCUT2D eigenvalue weighted by Gasteiger charge is 2.67. The van der Waals surface area contributed by atoms with E-state index in [2.05, 4.69) is 22.2 Å². The fourth-order valence-corrected chi connectivity index (χ4v) is 9.31. The molecule has 2 aromatic carbocycles. The molecule has 1 saturated heterocycles. The van der Waals surface area contributed by atoms with Crippen LogP contribution in [0.2, 0.25) is 0 Å². The maximum atomic E-state index is 14.4. The van der Waals surface area contributed by atoms with Gasteiger partial charge in [-0.1, -0.05) is 69.3 Å². The van der Waals surface area contributed by atoms with Crippen molar-refractivity contribution in [2.24, 2.45) is 23.0 Å². The number of hydrogen-bond acceptors (Lipinski definition) is 8. The molecule has 0 unspecified atom stereocenters. The van der Waals surface area contributed by atoms with Gasteiger partial charge in [0, 0.05) is 20.0 Å². The number of carbonyl (C=O) groups excluding carboxylic acids is 4. The Kier molecular flexibility index (Phi) is 11.0. The number of nitrogens with two attached hydrogens (primary N) is 1. The molecule has 0 bridgehead atoms. The van der Waals surface area contributed by atoms with Crippen molar-refractivity contribution in [2.45, 2.75) is 114 Å². The van der Waals surface area contributed by atoms with Crippen LogP contribution >= 0.6 is 0 Å². The predicted molar refractivity (Wildman–Crippen MR) is 200 cm³/mol. The van der Waals surface area contributed by atoms with E-state index < -0.39 is 50.4 Å². The highest BCUT2D eigenvalue weighted by Crippen LogP contribution is 2.57. The van der Waals surface area contributed by atoms with Crippen molar-refractivity contribution < 1.29 is 37.1 Å². The van der Waals surface area contributed by atoms with E-state index in [0.29, 0.717) is 25.9 Å². The highest BCUT2D eigenvalue weighted by atomic mass is 32.2. The molecule has 0 spiro atoms. The predicted octanol–water partition coefficient (Wildman–Crippen LogP) is 4.93. The zero-order valence-corrected chi connectivity index (χ0v) is 32.1. The smallest absolute Gasteiger partial charge is 0.404 e. The molecular formula is C40H54N4O8S. The molecule has 1 heterocycles. The minimum atomic E-state index is -3.81. The zero-order chi connectivity index (χ0) is 38.2. The SMILES string of the molecule is CO[C@@]1(c2ccc(-c3ccccc3CCCCCOC(N)=O)cc2)C[C@@H](C(=O)N[C@]2(C(=O)NS(=O)(=O)C3CC3)C[C@H]2C2CC2)N(C(=O)CC(C)(C)C)C1. The van der Waals surface area contributed by atoms with Crippen LogP contribution in [-0.4, -0.2) is 74.2 Å². The summed E-state index contributed by atoms with van der Waals surface area (Å²) in [5, 5.41) is 2.43. The number of carbonyl (C=O) groups is 4. The van der Waals surface area contributed by atoms with Gasteiger partial charge in [-0.3, -0.25) is 19.1 Å². The molecule has 288 valence electrons. The van der Waals surface area contributed by atoms with Crippen LogP contribution in [0.1, 0.15) is 96.1 Å². The van der Waals surface area contributed by atoms with Crippen molar-refractivity contribution in [3.63, 3.8) is 0 Å². The Hall–Kier alpha value is -3.97. The summed E-state index contributed by atoms with van der Waals surface area (Å²) in [6.45, 7) is 6.37. The Labute approximate surface area is 313 Å². The molecule has 2 aromatic rings. The summed E-state index contributed by atoms with van der Waals surface area (Å²) in [4.78, 5) is 54.3. The fourth-order valence-electron chi connectivity index (χ4n) is 7.94. The van der Waals surface area contributed by atoms with Crippen LogP contribution in [0.15, 0.2) is 48.5 Å². The molecule has 4 fully saturated rings. The lowest BCUT2D eigenvalue weighted by Gasteiger charge is -2.30. The molecule has 13 heteroatoms. The lowest BCUT2D eigenvalue weighted by Crippen LogP contribution is -2.57. The van der Waals surface area contributed by atoms with Gasteiger partial charge in [0.25, 0.3) is 5.91 Å². The fraction of sp³-hybridized carbons (Fsp3) is 0.600. The summed E-state index contributed by atoms with van der Waals surface area (Å²) >= 11 is 0. The van der Waals surface area contributed by atoms with E-state index in [1.54, 1.807) is 12.0 Å². The van der Waals surface area contributed by atoms with Gasteiger partial charge < -0.3 is 25.4 Å². The molecule has 3 aliphatic carbocycles. The molecule has 3 saturated carbocycles. The molecule has 4 aliphatic rings. The minimum Gasteiger partial charge on any atom is -0.450 e. The number of amides is 4. The number of unbranched alkanes of at least 4 members (excludes halogenated alkanes) is 2. The van der Waals surface area contributed by atoms with Crippen LogP contribution < -0.4 is 15.8 Å². The van der Waals surface area contributed by atoms with E-state index in [1.807, 2.05) is 57.2 Å². The second kappa shape index (κ2) is 15.0. The number of methoxy groups -OCH3 is 1. The van der Waals surface area contributed by atoms with Crippen LogP contribution in [0, 0.1) is 17.3 Å². The van der Waals surface area contributed by atoms with Crippen LogP contribution in [0.25, 0.3) is 11.1 Å². The summed E-state index contributed by atoms with van der Waals surface area (Å²) in [6, 6.07) is 15.4. The van der Waals surface area contributed by atoms with Crippen molar-refractivity contribution in [3.05, 3.63) is 59.7 Å². The minimum absolute atomic E-state index is 0.139. The van der Waals surface area contributed by atoms with Crippen molar-refractivity contribution in [3.8, 4) is 11.1 Å². The van der Waals surface area contributed by atoms with E-state index in [-0.39, 0.29) is 42.5 Å². The van der Waals surface area contributed by atoms with Gasteiger partial charge in [-0.2, -0.15) is 0 Å². The monoisotopic (exact) mass is 750 g/mol. The Bertz CT molecular complexity index is 1820. The summed E-state index contributed by atoms with van der Waals surface area (Å²) in [7, 11) is -2.22. The zero-order valence-electron chi connectivity index (χ0n) is 31.3. The van der Waals surface area contributed by atoms with E-state index >= 15 is 0 Å². The van der Waals surface area contributed by atoms with E-state index in [0.717, 1.165) is 55.2 Å². The average Bonchev–Trinajstić information content (AvgIpc) is 3.97. The van der Waals surface area contributed by atoms with Gasteiger partial charge in [0.15, 0.2) is 0 Å². The number of nitrogens with zero attached hydrogens (tertiary/aromatic N) is 1. The van der Waals surface area contributed by atoms with Gasteiger partial charge in [-0.15, -0.1) is 0 Å². The van der Waals surface area contributed by atoms with E-state index in [1.165, 1.54) is 5.56 Å². The topological polar surface area (TPSA) is 174 Å². The van der Waals surface area contributed by atoms with Gasteiger partial charge in [0.05, 0.1) is 18.4 Å². The normalized spacial score (nSPS) is 25.5. The first-order valence-electron chi connectivity index (χ1n) is 18.9. The van der Waals surface area contributed by atoms with Crippen LogP contribution in [0.5, 0.6) is 0 Å². The summed E-state index contributed by atoms with van der Waals surface area (Å²) in [5.41, 5.74) is 6.55. The summed E-state index contributed by atoms with van der Waals surface area (Å²) < 4.78 is 38.9. The van der Waals surface area contributed by atoms with Gasteiger partial charge in [-0.25, -0.2) is 13.2 Å². The Balaban J connectivity index is 1.21. The third-order valence-corrected chi connectivity index (χ3v) is 13.1. The standard InChI is InChI=1S/C40H54N4O8S/c1-38(2,3)24-34(45)44-25-39(51-4,29-17-15-27(16-18-29)31-12-8-7-11-26(31)10-6-5-9-21-52-37(41)48)23-33(44)35(46)42-40(22-32(40)28-13-14-28)36(47)43-53(49,50)30-19-20-30/h7-8,11-12,15-18,28,30,32-33H,5-6,9-10,13-14,19-25H2,1-4H3,(H2,41,48)(H,42,46)(H,43,47)/t32-,33-,39-,40+/m0/s1. The molecule has 6 rings (SSSR count). The van der Waals surface area contributed by atoms with Gasteiger partial charge in [-0.05, 0) is 97.3 Å². The Morgan fingerprint density at radius 3 is 2.26 bits per heavy atom. The maximum Gasteiger partial charge on any atom is 0.404 e. The van der Waals surface area contributed by atoms with Gasteiger partial charge in [0.1, 0.15) is 17.2 Å². The molecule has 0 aromatic heterocycles. The number of primary amides is 1. The number of hydrogen-bond donors (Lipinski definition) is 3. The van der Waals surface area contributed by atoms with Crippen LogP contribution in [0.4, 0.5) is 4.79 Å². The highest BCUT2D eigenvalue weighted by molar-refractivity contribution is 7.91. The lowest BCUT2D eigenvalue weighted by atomic mass is 9.88. The number of benzene rings is 2. The average molecular weight is 751 g/mol. The van der Waals surface area contributed by atoms with E-state index in [9.17, 15) is 27.6 Å². The molecule has 4 atom stereocenters. The lowest BCUT2D eigenvalue weighted by molar-refractivity contribution is -0.141. The third-order valence-electron chi connectivity index (χ3n) is 11.2. The number of ether oxygens (including phenoxy) is 2. The molecule has 53 heavy (non-hydrogen) atoms. The number of aryl methyl sites for hydroxylation is 1. The largest absolute Gasteiger partial charge is 0.450 e. The summed E-state index contributed by atoms with van der Waals surface area (Å²) in [6.07, 6.45) is 6.32. The molecular weight excluding hydrogens is 697 g/mol. The first-order chi connectivity index (χ1) is 25.1. The molecule has 4 amide bonds. The number of likely N-dealkylation sites (tertiary alicyclic amines) is 1. The van der Waals surface area contributed by atoms with Crippen molar-refractivity contribution in [1.82, 2.24) is 14.9 Å². The molecule has 12 nitrogen and oxygen atoms in total. The third kappa shape index (κ3) is 8.88. The van der Waals surface area contributed by atoms with Crippen LogP contribution in [0.3, 0.4) is 0 Å². The molecule has 1 aliphatic heterocycles. The number of rotatable bonds is 16. The first-order valence-corrected chi connectivity index (χ1v) is 20.5. The van der Waals surface area contributed by atoms with Gasteiger partial charge >= 0.3 is 6.09 Å². The second-order valence-corrected chi connectivity index (χ2v) is 18.6. The van der Waals surface area contributed by atoms with Crippen molar-refractivity contribution in [1.29, 1.82) is 0 Å². The van der Waals surface area contributed by atoms with Crippen LogP contribution in [-0.2, 0) is 45.9 Å². The summed E-state index contributed by atoms with van der Waals surface area (Å²) in [5.74, 6) is -1.21. The molecule has 0 radical (unpaired) electrons. The number of sulfonamides is 1. The van der Waals surface area contributed by atoms with Crippen molar-refractivity contribution >= 4 is 33.8 Å². The quantitative estimate of drug-likeness (QED) is 0.203. The number of nitrogens with one attached hydrogen (secondary N) is 2. The van der Waals surface area contributed by atoms with E-state index in [4.69, 9.17) is 15.2 Å². The molecule has 4 N–H and O–H groups in total. The Morgan fingerprint density at radius 1 is 0.943 bits per heavy atom. The Morgan fingerprint density at radius 2 is 1.64 bits per heavy atom. The first kappa shape index (κ1) is 38.7. The van der Waals surface area contributed by atoms with Crippen molar-refractivity contribution in [2.75, 3.05) is 20.3 Å². The second-order valence-electron chi connectivity index (χ2n) is 16.7. The van der Waals surface area contributed by atoms with Gasteiger partial charge in [0.2, 0.25) is 21.8 Å². The maximum absolute atomic E-state index is 14.4.